The molecule has 1 N–H and O–H groups in total. The van der Waals surface area contributed by atoms with Crippen LogP contribution in [0.3, 0.4) is 0 Å². The number of likely N-dealkylation sites (tertiary alicyclic amines) is 1. The zero-order valence-corrected chi connectivity index (χ0v) is 15.4. The second-order valence-corrected chi connectivity index (χ2v) is 8.81. The predicted molar refractivity (Wildman–Crippen MR) is 94.5 cm³/mol. The van der Waals surface area contributed by atoms with Crippen molar-refractivity contribution in [1.82, 2.24) is 29.6 Å². The third-order valence-electron chi connectivity index (χ3n) is 5.54. The predicted octanol–water partition coefficient (Wildman–Crippen LogP) is 1.45. The van der Waals surface area contributed by atoms with Crippen molar-refractivity contribution in [2.75, 3.05) is 6.54 Å². The summed E-state index contributed by atoms with van der Waals surface area (Å²) in [4.78, 5) is 38.2. The molecule has 1 aliphatic heterocycles. The summed E-state index contributed by atoms with van der Waals surface area (Å²) in [5.74, 6) is 0.239. The van der Waals surface area contributed by atoms with Gasteiger partial charge in [-0.1, -0.05) is 20.8 Å². The molecule has 2 aromatic heterocycles. The van der Waals surface area contributed by atoms with E-state index in [2.05, 4.69) is 40.8 Å². The molecule has 0 spiro atoms. The van der Waals surface area contributed by atoms with Gasteiger partial charge in [-0.3, -0.25) is 9.59 Å². The van der Waals surface area contributed by atoms with E-state index in [0.717, 1.165) is 19.3 Å². The standard InChI is InChI=1S/C18H24N6O2/c1-17(2)4-12-5-18(3,8-17)9-24(12)16(26)13-6-20-14(22-15(13)25)7-23-11-19-10-21-23/h6,10-12H,4-5,7-9H2,1-3H3,(H,20,22,25)/t12-,18-/m1/s1. The normalized spacial score (nSPS) is 26.9. The van der Waals surface area contributed by atoms with Crippen LogP contribution in [0.1, 0.15) is 56.2 Å². The third-order valence-corrected chi connectivity index (χ3v) is 5.54. The minimum absolute atomic E-state index is 0.112. The molecule has 1 saturated carbocycles. The monoisotopic (exact) mass is 356 g/mol. The fourth-order valence-corrected chi connectivity index (χ4v) is 4.98. The van der Waals surface area contributed by atoms with Gasteiger partial charge < -0.3 is 9.88 Å². The van der Waals surface area contributed by atoms with Gasteiger partial charge in [0.15, 0.2) is 0 Å². The Morgan fingerprint density at radius 3 is 2.85 bits per heavy atom. The van der Waals surface area contributed by atoms with Crippen LogP contribution in [0.4, 0.5) is 0 Å². The summed E-state index contributed by atoms with van der Waals surface area (Å²) in [6, 6.07) is 0.200. The number of H-pyrrole nitrogens is 1. The van der Waals surface area contributed by atoms with Gasteiger partial charge >= 0.3 is 0 Å². The van der Waals surface area contributed by atoms with Gasteiger partial charge in [0.1, 0.15) is 30.6 Å². The highest BCUT2D eigenvalue weighted by Gasteiger charge is 2.51. The second kappa shape index (κ2) is 5.75. The number of nitrogens with zero attached hydrogens (tertiary/aromatic N) is 5. The third kappa shape index (κ3) is 3.04. The van der Waals surface area contributed by atoms with Crippen LogP contribution < -0.4 is 5.56 Å². The average molecular weight is 356 g/mol. The first-order valence-electron chi connectivity index (χ1n) is 8.96. The fraction of sp³-hybridized carbons (Fsp3) is 0.611. The van der Waals surface area contributed by atoms with Gasteiger partial charge in [-0.15, -0.1) is 0 Å². The maximum absolute atomic E-state index is 13.0. The number of aromatic amines is 1. The van der Waals surface area contributed by atoms with Crippen molar-refractivity contribution >= 4 is 5.91 Å². The van der Waals surface area contributed by atoms with Gasteiger partial charge in [-0.2, -0.15) is 5.10 Å². The summed E-state index contributed by atoms with van der Waals surface area (Å²) in [6.07, 6.45) is 7.45. The van der Waals surface area contributed by atoms with E-state index in [9.17, 15) is 9.59 Å². The first-order valence-corrected chi connectivity index (χ1v) is 8.96. The lowest BCUT2D eigenvalue weighted by atomic mass is 9.65. The molecule has 3 heterocycles. The van der Waals surface area contributed by atoms with Crippen molar-refractivity contribution in [3.8, 4) is 0 Å². The quantitative estimate of drug-likeness (QED) is 0.898. The topological polar surface area (TPSA) is 96.8 Å². The smallest absolute Gasteiger partial charge is 0.263 e. The minimum Gasteiger partial charge on any atom is -0.335 e. The number of aromatic nitrogens is 5. The number of hydrogen-bond donors (Lipinski definition) is 1. The molecule has 2 aromatic rings. The maximum Gasteiger partial charge on any atom is 0.263 e. The van der Waals surface area contributed by atoms with Gasteiger partial charge in [0.05, 0.1) is 0 Å². The molecule has 4 rings (SSSR count). The molecule has 8 nitrogen and oxygen atoms in total. The molecule has 26 heavy (non-hydrogen) atoms. The van der Waals surface area contributed by atoms with Crippen molar-refractivity contribution in [1.29, 1.82) is 0 Å². The van der Waals surface area contributed by atoms with E-state index in [-0.39, 0.29) is 28.3 Å². The van der Waals surface area contributed by atoms with E-state index in [0.29, 0.717) is 18.9 Å². The number of carbonyl (C=O) groups is 1. The SMILES string of the molecule is CC1(C)C[C@@H]2C[C@@](C)(CN2C(=O)c2cnc(Cn3cncn3)[nH]c2=O)C1. The summed E-state index contributed by atoms with van der Waals surface area (Å²) in [7, 11) is 0. The van der Waals surface area contributed by atoms with Crippen molar-refractivity contribution in [2.45, 2.75) is 52.6 Å². The van der Waals surface area contributed by atoms with Crippen molar-refractivity contribution in [3.05, 3.63) is 40.6 Å². The minimum atomic E-state index is -0.397. The maximum atomic E-state index is 13.0. The molecule has 2 bridgehead atoms. The number of fused-ring (bicyclic) bond motifs is 2. The van der Waals surface area contributed by atoms with E-state index >= 15 is 0 Å². The number of rotatable bonds is 3. The van der Waals surface area contributed by atoms with Crippen LogP contribution in [0.2, 0.25) is 0 Å². The lowest BCUT2D eigenvalue weighted by Gasteiger charge is -2.39. The van der Waals surface area contributed by atoms with Crippen molar-refractivity contribution < 1.29 is 4.79 Å². The lowest BCUT2D eigenvalue weighted by Crippen LogP contribution is -2.40. The largest absolute Gasteiger partial charge is 0.335 e. The Morgan fingerprint density at radius 2 is 2.15 bits per heavy atom. The summed E-state index contributed by atoms with van der Waals surface area (Å²) in [5, 5.41) is 3.99. The molecule has 0 radical (unpaired) electrons. The van der Waals surface area contributed by atoms with Gasteiger partial charge in [0.25, 0.3) is 11.5 Å². The van der Waals surface area contributed by atoms with Gasteiger partial charge in [-0.05, 0) is 30.1 Å². The molecule has 2 fully saturated rings. The zero-order chi connectivity index (χ0) is 18.5. The summed E-state index contributed by atoms with van der Waals surface area (Å²) < 4.78 is 1.56. The van der Waals surface area contributed by atoms with E-state index in [1.165, 1.54) is 12.5 Å². The second-order valence-electron chi connectivity index (χ2n) is 8.81. The van der Waals surface area contributed by atoms with Gasteiger partial charge in [0, 0.05) is 18.8 Å². The summed E-state index contributed by atoms with van der Waals surface area (Å²) in [6.45, 7) is 7.79. The average Bonchev–Trinajstić information content (AvgIpc) is 3.11. The van der Waals surface area contributed by atoms with Gasteiger partial charge in [-0.25, -0.2) is 14.6 Å². The van der Waals surface area contributed by atoms with Crippen LogP contribution in [-0.4, -0.2) is 48.1 Å². The van der Waals surface area contributed by atoms with E-state index in [4.69, 9.17) is 0 Å². The number of amides is 1. The summed E-state index contributed by atoms with van der Waals surface area (Å²) >= 11 is 0. The van der Waals surface area contributed by atoms with Crippen LogP contribution in [0.15, 0.2) is 23.6 Å². The highest BCUT2D eigenvalue weighted by molar-refractivity contribution is 5.94. The molecule has 8 heteroatoms. The molecule has 1 amide bonds. The zero-order valence-electron chi connectivity index (χ0n) is 15.4. The molecule has 2 aliphatic rings. The first-order chi connectivity index (χ1) is 12.2. The molecule has 1 saturated heterocycles. The van der Waals surface area contributed by atoms with E-state index < -0.39 is 5.56 Å². The lowest BCUT2D eigenvalue weighted by molar-refractivity contribution is 0.0706. The molecule has 1 aliphatic carbocycles. The Labute approximate surface area is 151 Å². The summed E-state index contributed by atoms with van der Waals surface area (Å²) in [5.41, 5.74) is 0.0705. The molecular weight excluding hydrogens is 332 g/mol. The van der Waals surface area contributed by atoms with Crippen molar-refractivity contribution in [3.63, 3.8) is 0 Å². The number of carbonyl (C=O) groups excluding carboxylic acids is 1. The molecule has 2 atom stereocenters. The molecule has 0 unspecified atom stereocenters. The van der Waals surface area contributed by atoms with Crippen LogP contribution in [0.5, 0.6) is 0 Å². The Hall–Kier alpha value is -2.51. The number of hydrogen-bond acceptors (Lipinski definition) is 5. The Morgan fingerprint density at radius 1 is 1.35 bits per heavy atom. The Bertz CT molecular complexity index is 887. The van der Waals surface area contributed by atoms with Crippen LogP contribution in [0, 0.1) is 10.8 Å². The highest BCUT2D eigenvalue weighted by atomic mass is 16.2. The van der Waals surface area contributed by atoms with Crippen LogP contribution >= 0.6 is 0 Å². The van der Waals surface area contributed by atoms with Crippen LogP contribution in [0.25, 0.3) is 0 Å². The Kier molecular flexibility index (Phi) is 3.75. The highest BCUT2D eigenvalue weighted by Crippen LogP contribution is 2.52. The number of nitrogens with one attached hydrogen (secondary N) is 1. The van der Waals surface area contributed by atoms with Crippen molar-refractivity contribution in [2.24, 2.45) is 10.8 Å². The molecule has 138 valence electrons. The first kappa shape index (κ1) is 16.9. The van der Waals surface area contributed by atoms with Crippen LogP contribution in [-0.2, 0) is 6.54 Å². The van der Waals surface area contributed by atoms with E-state index in [1.807, 2.05) is 4.90 Å². The van der Waals surface area contributed by atoms with E-state index in [1.54, 1.807) is 11.0 Å². The molecular formula is C18H24N6O2. The van der Waals surface area contributed by atoms with Gasteiger partial charge in [0.2, 0.25) is 0 Å². The molecule has 0 aromatic carbocycles. The Balaban J connectivity index is 1.56. The fourth-order valence-electron chi connectivity index (χ4n) is 4.98.